The SMILES string of the molecule is O=C(O)C1CC1c1nncn1C1CC1. The maximum absolute atomic E-state index is 10.7. The molecule has 2 unspecified atom stereocenters. The van der Waals surface area contributed by atoms with E-state index in [0.717, 1.165) is 12.2 Å². The van der Waals surface area contributed by atoms with Crippen LogP contribution < -0.4 is 0 Å². The highest BCUT2D eigenvalue weighted by Crippen LogP contribution is 2.48. The standard InChI is InChI=1S/C9H11N3O2/c13-9(14)7-3-6(7)8-11-10-4-12(8)5-1-2-5/h4-7H,1-3H2,(H,13,14). The molecule has 0 bridgehead atoms. The Morgan fingerprint density at radius 3 is 2.93 bits per heavy atom. The predicted octanol–water partition coefficient (Wildman–Crippen LogP) is 0.801. The number of aliphatic carboxylic acids is 1. The van der Waals surface area contributed by atoms with Crippen LogP contribution in [0.3, 0.4) is 0 Å². The Morgan fingerprint density at radius 1 is 1.57 bits per heavy atom. The second kappa shape index (κ2) is 2.56. The highest BCUT2D eigenvalue weighted by atomic mass is 16.4. The Hall–Kier alpha value is -1.39. The van der Waals surface area contributed by atoms with Gasteiger partial charge in [-0.3, -0.25) is 4.79 Å². The zero-order valence-corrected chi connectivity index (χ0v) is 7.63. The molecule has 1 heterocycles. The maximum atomic E-state index is 10.7. The first-order chi connectivity index (χ1) is 6.77. The van der Waals surface area contributed by atoms with Crippen molar-refractivity contribution in [3.05, 3.63) is 12.2 Å². The van der Waals surface area contributed by atoms with Crippen molar-refractivity contribution in [1.82, 2.24) is 14.8 Å². The minimum atomic E-state index is -0.708. The Balaban J connectivity index is 1.83. The van der Waals surface area contributed by atoms with Crippen LogP contribution in [0.5, 0.6) is 0 Å². The molecule has 14 heavy (non-hydrogen) atoms. The zero-order valence-electron chi connectivity index (χ0n) is 7.63. The number of hydrogen-bond donors (Lipinski definition) is 1. The van der Waals surface area contributed by atoms with Crippen molar-refractivity contribution in [2.75, 3.05) is 0 Å². The largest absolute Gasteiger partial charge is 0.481 e. The quantitative estimate of drug-likeness (QED) is 0.771. The smallest absolute Gasteiger partial charge is 0.307 e. The van der Waals surface area contributed by atoms with E-state index >= 15 is 0 Å². The van der Waals surface area contributed by atoms with E-state index in [0.29, 0.717) is 6.04 Å². The number of carboxylic acids is 1. The number of aromatic nitrogens is 3. The lowest BCUT2D eigenvalue weighted by molar-refractivity contribution is -0.138. The molecule has 2 aliphatic carbocycles. The van der Waals surface area contributed by atoms with Crippen LogP contribution >= 0.6 is 0 Å². The summed E-state index contributed by atoms with van der Waals surface area (Å²) in [4.78, 5) is 10.7. The van der Waals surface area contributed by atoms with Gasteiger partial charge in [-0.15, -0.1) is 10.2 Å². The summed E-state index contributed by atoms with van der Waals surface area (Å²) in [5, 5.41) is 16.7. The zero-order chi connectivity index (χ0) is 9.71. The number of nitrogens with zero attached hydrogens (tertiary/aromatic N) is 3. The first-order valence-corrected chi connectivity index (χ1v) is 4.89. The van der Waals surface area contributed by atoms with Crippen molar-refractivity contribution in [1.29, 1.82) is 0 Å². The van der Waals surface area contributed by atoms with Gasteiger partial charge in [0.05, 0.1) is 5.92 Å². The molecule has 2 aliphatic rings. The Morgan fingerprint density at radius 2 is 2.36 bits per heavy atom. The summed E-state index contributed by atoms with van der Waals surface area (Å²) in [6.45, 7) is 0. The van der Waals surface area contributed by atoms with E-state index in [-0.39, 0.29) is 11.8 Å². The van der Waals surface area contributed by atoms with Gasteiger partial charge < -0.3 is 9.67 Å². The third-order valence-corrected chi connectivity index (χ3v) is 2.98. The molecule has 2 saturated carbocycles. The molecule has 0 saturated heterocycles. The average molecular weight is 193 g/mol. The molecule has 1 aromatic rings. The van der Waals surface area contributed by atoms with Crippen LogP contribution in [-0.2, 0) is 4.79 Å². The number of hydrogen-bond acceptors (Lipinski definition) is 3. The van der Waals surface area contributed by atoms with Gasteiger partial charge >= 0.3 is 5.97 Å². The molecule has 2 fully saturated rings. The normalized spacial score (nSPS) is 30.3. The van der Waals surface area contributed by atoms with E-state index in [1.165, 1.54) is 12.8 Å². The van der Waals surface area contributed by atoms with E-state index < -0.39 is 5.97 Å². The van der Waals surface area contributed by atoms with Crippen LogP contribution in [0.2, 0.25) is 0 Å². The van der Waals surface area contributed by atoms with Crippen LogP contribution in [0.25, 0.3) is 0 Å². The molecule has 3 rings (SSSR count). The van der Waals surface area contributed by atoms with Crippen LogP contribution in [0.15, 0.2) is 6.33 Å². The number of carbonyl (C=O) groups is 1. The lowest BCUT2D eigenvalue weighted by atomic mass is 10.3. The molecule has 2 atom stereocenters. The molecule has 1 N–H and O–H groups in total. The fourth-order valence-electron chi connectivity index (χ4n) is 1.90. The Labute approximate surface area is 80.8 Å². The highest BCUT2D eigenvalue weighted by Gasteiger charge is 2.48. The fourth-order valence-corrected chi connectivity index (χ4v) is 1.90. The molecule has 1 aromatic heterocycles. The second-order valence-corrected chi connectivity index (χ2v) is 4.11. The monoisotopic (exact) mass is 193 g/mol. The third-order valence-electron chi connectivity index (χ3n) is 2.98. The van der Waals surface area contributed by atoms with Gasteiger partial charge in [0.1, 0.15) is 12.2 Å². The van der Waals surface area contributed by atoms with Crippen molar-refractivity contribution in [3.63, 3.8) is 0 Å². The van der Waals surface area contributed by atoms with Crippen LogP contribution in [-0.4, -0.2) is 25.8 Å². The van der Waals surface area contributed by atoms with Gasteiger partial charge in [0.15, 0.2) is 0 Å². The minimum Gasteiger partial charge on any atom is -0.481 e. The van der Waals surface area contributed by atoms with Crippen LogP contribution in [0.1, 0.15) is 37.0 Å². The van der Waals surface area contributed by atoms with Gasteiger partial charge in [-0.2, -0.15) is 0 Å². The van der Waals surface area contributed by atoms with Crippen LogP contribution in [0.4, 0.5) is 0 Å². The van der Waals surface area contributed by atoms with Crippen molar-refractivity contribution in [2.45, 2.75) is 31.2 Å². The highest BCUT2D eigenvalue weighted by molar-refractivity contribution is 5.74. The van der Waals surface area contributed by atoms with Crippen molar-refractivity contribution >= 4 is 5.97 Å². The molecule has 0 spiro atoms. The van der Waals surface area contributed by atoms with E-state index in [9.17, 15) is 4.79 Å². The van der Waals surface area contributed by atoms with Gasteiger partial charge in [-0.1, -0.05) is 0 Å². The first kappa shape index (κ1) is 7.96. The van der Waals surface area contributed by atoms with Gasteiger partial charge in [-0.25, -0.2) is 0 Å². The first-order valence-electron chi connectivity index (χ1n) is 4.89. The van der Waals surface area contributed by atoms with Gasteiger partial charge in [-0.05, 0) is 19.3 Å². The molecule has 0 aromatic carbocycles. The van der Waals surface area contributed by atoms with E-state index in [1.54, 1.807) is 6.33 Å². The molecular formula is C9H11N3O2. The fraction of sp³-hybridized carbons (Fsp3) is 0.667. The molecule has 0 radical (unpaired) electrons. The summed E-state index contributed by atoms with van der Waals surface area (Å²) < 4.78 is 2.05. The van der Waals surface area contributed by atoms with E-state index in [2.05, 4.69) is 10.2 Å². The topological polar surface area (TPSA) is 68.0 Å². The third kappa shape index (κ3) is 1.12. The van der Waals surface area contributed by atoms with Gasteiger partial charge in [0.25, 0.3) is 0 Å². The summed E-state index contributed by atoms with van der Waals surface area (Å²) in [6, 6.07) is 0.537. The summed E-state index contributed by atoms with van der Waals surface area (Å²) in [5.41, 5.74) is 0. The molecule has 74 valence electrons. The van der Waals surface area contributed by atoms with Crippen LogP contribution in [0, 0.1) is 5.92 Å². The van der Waals surface area contributed by atoms with Crippen molar-refractivity contribution < 1.29 is 9.90 Å². The molecule has 5 nitrogen and oxygen atoms in total. The molecule has 0 amide bonds. The summed E-state index contributed by atoms with van der Waals surface area (Å²) in [7, 11) is 0. The predicted molar refractivity (Wildman–Crippen MR) is 46.8 cm³/mol. The van der Waals surface area contributed by atoms with Gasteiger partial charge in [0.2, 0.25) is 0 Å². The minimum absolute atomic E-state index is 0.107. The van der Waals surface area contributed by atoms with E-state index in [4.69, 9.17) is 5.11 Å². The summed E-state index contributed by atoms with van der Waals surface area (Å²) >= 11 is 0. The van der Waals surface area contributed by atoms with E-state index in [1.807, 2.05) is 4.57 Å². The van der Waals surface area contributed by atoms with Crippen molar-refractivity contribution in [3.8, 4) is 0 Å². The maximum Gasteiger partial charge on any atom is 0.307 e. The lowest BCUT2D eigenvalue weighted by Gasteiger charge is -2.01. The number of rotatable bonds is 3. The molecular weight excluding hydrogens is 182 g/mol. The average Bonchev–Trinajstić information content (AvgIpc) is 3.05. The second-order valence-electron chi connectivity index (χ2n) is 4.11. The summed E-state index contributed by atoms with van der Waals surface area (Å²) in [5.74, 6) is 0.0487. The lowest BCUT2D eigenvalue weighted by Crippen LogP contribution is -2.04. The Kier molecular flexibility index (Phi) is 1.45. The van der Waals surface area contributed by atoms with Crippen molar-refractivity contribution in [2.24, 2.45) is 5.92 Å². The summed E-state index contributed by atoms with van der Waals surface area (Å²) in [6.07, 6.45) is 4.80. The van der Waals surface area contributed by atoms with Gasteiger partial charge in [0, 0.05) is 12.0 Å². The molecule has 0 aliphatic heterocycles. The molecule has 5 heteroatoms. The Bertz CT molecular complexity index is 383. The number of carboxylic acid groups (broad SMARTS) is 1.